The van der Waals surface area contributed by atoms with Crippen molar-refractivity contribution in [2.45, 2.75) is 59.2 Å². The first-order valence-corrected chi connectivity index (χ1v) is 7.75. The van der Waals surface area contributed by atoms with Crippen molar-refractivity contribution in [3.63, 3.8) is 0 Å². The monoisotopic (exact) mass is 291 g/mol. The SMILES string of the molecule is Cc1cc(CNC(C)(C)C)cnc1N1CCOCC1(C)C. The third kappa shape index (κ3) is 4.17. The first kappa shape index (κ1) is 16.2. The lowest BCUT2D eigenvalue weighted by Crippen LogP contribution is -2.53. The van der Waals surface area contributed by atoms with Crippen LogP contribution in [0.25, 0.3) is 0 Å². The summed E-state index contributed by atoms with van der Waals surface area (Å²) in [7, 11) is 0. The number of nitrogens with one attached hydrogen (secondary N) is 1. The van der Waals surface area contributed by atoms with Gasteiger partial charge in [-0.25, -0.2) is 4.98 Å². The van der Waals surface area contributed by atoms with E-state index in [1.54, 1.807) is 0 Å². The highest BCUT2D eigenvalue weighted by molar-refractivity contribution is 5.50. The highest BCUT2D eigenvalue weighted by Gasteiger charge is 2.32. The van der Waals surface area contributed by atoms with Gasteiger partial charge in [-0.3, -0.25) is 0 Å². The molecule has 0 radical (unpaired) electrons. The van der Waals surface area contributed by atoms with E-state index in [1.807, 2.05) is 6.20 Å². The van der Waals surface area contributed by atoms with Crippen LogP contribution in [0.4, 0.5) is 5.82 Å². The molecule has 1 saturated heterocycles. The number of hydrogen-bond donors (Lipinski definition) is 1. The Kier molecular flexibility index (Phi) is 4.59. The summed E-state index contributed by atoms with van der Waals surface area (Å²) in [6.45, 7) is 16.4. The van der Waals surface area contributed by atoms with Crippen LogP contribution in [0, 0.1) is 6.92 Å². The van der Waals surface area contributed by atoms with E-state index in [9.17, 15) is 0 Å². The molecule has 0 spiro atoms. The molecule has 4 nitrogen and oxygen atoms in total. The molecule has 1 aliphatic heterocycles. The van der Waals surface area contributed by atoms with Crippen LogP contribution in [0.15, 0.2) is 12.3 Å². The molecule has 118 valence electrons. The highest BCUT2D eigenvalue weighted by Crippen LogP contribution is 2.28. The predicted octanol–water partition coefficient (Wildman–Crippen LogP) is 2.89. The van der Waals surface area contributed by atoms with E-state index in [0.717, 1.165) is 32.1 Å². The Balaban J connectivity index is 2.15. The molecule has 1 aromatic heterocycles. The Morgan fingerprint density at radius 1 is 1.38 bits per heavy atom. The summed E-state index contributed by atoms with van der Waals surface area (Å²) >= 11 is 0. The Morgan fingerprint density at radius 3 is 2.67 bits per heavy atom. The first-order valence-electron chi connectivity index (χ1n) is 7.75. The molecule has 1 aromatic rings. The molecule has 0 aliphatic carbocycles. The Hall–Kier alpha value is -1.13. The molecule has 0 unspecified atom stereocenters. The maximum absolute atomic E-state index is 5.60. The van der Waals surface area contributed by atoms with Gasteiger partial charge in [-0.1, -0.05) is 0 Å². The van der Waals surface area contributed by atoms with Gasteiger partial charge in [0.2, 0.25) is 0 Å². The first-order chi connectivity index (χ1) is 9.69. The second-order valence-corrected chi connectivity index (χ2v) is 7.60. The van der Waals surface area contributed by atoms with Crippen molar-refractivity contribution in [2.75, 3.05) is 24.7 Å². The normalized spacial score (nSPS) is 18.9. The van der Waals surface area contributed by atoms with Crippen LogP contribution in [-0.2, 0) is 11.3 Å². The summed E-state index contributed by atoms with van der Waals surface area (Å²) in [6.07, 6.45) is 1.99. The summed E-state index contributed by atoms with van der Waals surface area (Å²) in [4.78, 5) is 7.10. The third-order valence-corrected chi connectivity index (χ3v) is 3.83. The van der Waals surface area contributed by atoms with Crippen molar-refractivity contribution in [1.29, 1.82) is 0 Å². The minimum atomic E-state index is 0.00118. The summed E-state index contributed by atoms with van der Waals surface area (Å²) in [6, 6.07) is 2.24. The van der Waals surface area contributed by atoms with Gasteiger partial charge in [0.05, 0.1) is 18.8 Å². The number of aryl methyl sites for hydroxylation is 1. The molecule has 21 heavy (non-hydrogen) atoms. The van der Waals surface area contributed by atoms with Gasteiger partial charge < -0.3 is 15.0 Å². The van der Waals surface area contributed by atoms with Crippen LogP contribution in [0.2, 0.25) is 0 Å². The number of nitrogens with zero attached hydrogens (tertiary/aromatic N) is 2. The number of morpholine rings is 1. The van der Waals surface area contributed by atoms with E-state index in [2.05, 4.69) is 57.8 Å². The fourth-order valence-electron chi connectivity index (χ4n) is 2.62. The summed E-state index contributed by atoms with van der Waals surface area (Å²) in [5.41, 5.74) is 2.59. The van der Waals surface area contributed by atoms with Gasteiger partial charge in [-0.15, -0.1) is 0 Å². The van der Waals surface area contributed by atoms with E-state index >= 15 is 0 Å². The number of hydrogen-bond acceptors (Lipinski definition) is 4. The summed E-state index contributed by atoms with van der Waals surface area (Å²) < 4.78 is 5.60. The van der Waals surface area contributed by atoms with Crippen molar-refractivity contribution < 1.29 is 4.74 Å². The zero-order valence-corrected chi connectivity index (χ0v) is 14.3. The van der Waals surface area contributed by atoms with E-state index in [-0.39, 0.29) is 11.1 Å². The van der Waals surface area contributed by atoms with Crippen molar-refractivity contribution in [2.24, 2.45) is 0 Å². The van der Waals surface area contributed by atoms with Gasteiger partial charge in [0.1, 0.15) is 5.82 Å². The molecule has 0 aromatic carbocycles. The van der Waals surface area contributed by atoms with Gasteiger partial charge in [0.15, 0.2) is 0 Å². The second kappa shape index (κ2) is 5.93. The lowest BCUT2D eigenvalue weighted by atomic mass is 10.0. The molecule has 0 saturated carbocycles. The summed E-state index contributed by atoms with van der Waals surface area (Å²) in [5.74, 6) is 1.09. The van der Waals surface area contributed by atoms with Crippen LogP contribution in [0.5, 0.6) is 0 Å². The number of rotatable bonds is 3. The van der Waals surface area contributed by atoms with E-state index in [0.29, 0.717) is 0 Å². The molecule has 1 fully saturated rings. The second-order valence-electron chi connectivity index (χ2n) is 7.60. The number of aromatic nitrogens is 1. The van der Waals surface area contributed by atoms with Crippen molar-refractivity contribution in [3.05, 3.63) is 23.4 Å². The van der Waals surface area contributed by atoms with Crippen molar-refractivity contribution in [3.8, 4) is 0 Å². The maximum atomic E-state index is 5.60. The Labute approximate surface area is 128 Å². The molecular formula is C17H29N3O. The number of anilines is 1. The van der Waals surface area contributed by atoms with Gasteiger partial charge in [0, 0.05) is 24.8 Å². The largest absolute Gasteiger partial charge is 0.377 e. The zero-order chi connectivity index (χ0) is 15.7. The topological polar surface area (TPSA) is 37.4 Å². The average Bonchev–Trinajstić information content (AvgIpc) is 2.36. The molecule has 0 atom stereocenters. The molecular weight excluding hydrogens is 262 g/mol. The molecule has 4 heteroatoms. The zero-order valence-electron chi connectivity index (χ0n) is 14.3. The summed E-state index contributed by atoms with van der Waals surface area (Å²) in [5, 5.41) is 3.51. The fraction of sp³-hybridized carbons (Fsp3) is 0.706. The van der Waals surface area contributed by atoms with Gasteiger partial charge >= 0.3 is 0 Å². The average molecular weight is 291 g/mol. The van der Waals surface area contributed by atoms with Crippen molar-refractivity contribution >= 4 is 5.82 Å². The van der Waals surface area contributed by atoms with Gasteiger partial charge in [-0.2, -0.15) is 0 Å². The van der Waals surface area contributed by atoms with Gasteiger partial charge in [0.25, 0.3) is 0 Å². The molecule has 0 bridgehead atoms. The molecule has 1 aliphatic rings. The van der Waals surface area contributed by atoms with Crippen LogP contribution in [0.3, 0.4) is 0 Å². The molecule has 0 amide bonds. The lowest BCUT2D eigenvalue weighted by molar-refractivity contribution is 0.0638. The molecule has 2 rings (SSSR count). The van der Waals surface area contributed by atoms with Crippen LogP contribution in [-0.4, -0.2) is 35.8 Å². The van der Waals surface area contributed by atoms with Crippen LogP contribution in [0.1, 0.15) is 45.7 Å². The van der Waals surface area contributed by atoms with E-state index in [4.69, 9.17) is 9.72 Å². The Morgan fingerprint density at radius 2 is 2.10 bits per heavy atom. The minimum absolute atomic E-state index is 0.00118. The predicted molar refractivity (Wildman–Crippen MR) is 87.8 cm³/mol. The smallest absolute Gasteiger partial charge is 0.132 e. The molecule has 2 heterocycles. The third-order valence-electron chi connectivity index (χ3n) is 3.83. The van der Waals surface area contributed by atoms with Crippen LogP contribution >= 0.6 is 0 Å². The number of ether oxygens (including phenoxy) is 1. The lowest BCUT2D eigenvalue weighted by Gasteiger charge is -2.43. The van der Waals surface area contributed by atoms with E-state index < -0.39 is 0 Å². The number of pyridine rings is 1. The van der Waals surface area contributed by atoms with Gasteiger partial charge in [-0.05, 0) is 58.7 Å². The fourth-order valence-corrected chi connectivity index (χ4v) is 2.62. The quantitative estimate of drug-likeness (QED) is 0.929. The minimum Gasteiger partial charge on any atom is -0.377 e. The van der Waals surface area contributed by atoms with E-state index in [1.165, 1.54) is 11.1 Å². The molecule has 1 N–H and O–H groups in total. The standard InChI is InChI=1S/C17H29N3O/c1-13-9-14(11-19-16(2,3)4)10-18-15(13)20-7-8-21-12-17(20,5)6/h9-10,19H,7-8,11-12H2,1-6H3. The maximum Gasteiger partial charge on any atom is 0.132 e. The Bertz CT molecular complexity index is 491. The highest BCUT2D eigenvalue weighted by atomic mass is 16.5. The van der Waals surface area contributed by atoms with Crippen molar-refractivity contribution in [1.82, 2.24) is 10.3 Å². The van der Waals surface area contributed by atoms with Crippen LogP contribution < -0.4 is 10.2 Å².